The lowest BCUT2D eigenvalue weighted by atomic mass is 10.1. The van der Waals surface area contributed by atoms with Crippen molar-refractivity contribution in [2.24, 2.45) is 5.92 Å². The van der Waals surface area contributed by atoms with Crippen molar-refractivity contribution in [2.75, 3.05) is 53.5 Å². The number of rotatable bonds is 5. The van der Waals surface area contributed by atoms with Crippen LogP contribution in [0.4, 0.5) is 0 Å². The van der Waals surface area contributed by atoms with E-state index in [0.29, 0.717) is 5.92 Å². The monoisotopic (exact) mass is 274 g/mol. The van der Waals surface area contributed by atoms with E-state index in [4.69, 9.17) is 4.74 Å². The van der Waals surface area contributed by atoms with E-state index in [1.807, 2.05) is 0 Å². The number of benzene rings is 1. The van der Waals surface area contributed by atoms with E-state index in [0.717, 1.165) is 39.4 Å². The molecule has 1 aliphatic heterocycles. The molecule has 1 heterocycles. The van der Waals surface area contributed by atoms with E-state index in [-0.39, 0.29) is 0 Å². The predicted octanol–water partition coefficient (Wildman–Crippen LogP) is 2.21. The fourth-order valence-electron chi connectivity index (χ4n) is 2.65. The molecule has 110 valence electrons. The lowest BCUT2D eigenvalue weighted by Crippen LogP contribution is -2.34. The normalized spacial score (nSPS) is 21.4. The fraction of sp³-hybridized carbons (Fsp3) is 0.529. The Hall–Kier alpha value is -1.16. The van der Waals surface area contributed by atoms with Gasteiger partial charge in [0.25, 0.3) is 0 Å². The molecule has 20 heavy (non-hydrogen) atoms. The quantitative estimate of drug-likeness (QED) is 0.819. The van der Waals surface area contributed by atoms with Crippen molar-refractivity contribution in [3.63, 3.8) is 0 Å². The van der Waals surface area contributed by atoms with Crippen LogP contribution < -0.4 is 0 Å². The van der Waals surface area contributed by atoms with E-state index in [2.05, 4.69) is 66.4 Å². The van der Waals surface area contributed by atoms with Crippen molar-refractivity contribution in [2.45, 2.75) is 0 Å². The van der Waals surface area contributed by atoms with Gasteiger partial charge >= 0.3 is 0 Å². The zero-order chi connectivity index (χ0) is 14.2. The van der Waals surface area contributed by atoms with Crippen LogP contribution in [-0.2, 0) is 4.74 Å². The first-order chi connectivity index (χ1) is 9.74. The maximum Gasteiger partial charge on any atom is 0.0593 e. The van der Waals surface area contributed by atoms with Gasteiger partial charge in [-0.15, -0.1) is 0 Å². The van der Waals surface area contributed by atoms with E-state index in [9.17, 15) is 0 Å². The molecule has 1 aromatic rings. The third kappa shape index (κ3) is 5.45. The van der Waals surface area contributed by atoms with Crippen LogP contribution in [-0.4, -0.2) is 63.3 Å². The molecule has 1 atom stereocenters. The second-order valence-electron chi connectivity index (χ2n) is 5.78. The highest BCUT2D eigenvalue weighted by molar-refractivity contribution is 5.48. The third-order valence-electron chi connectivity index (χ3n) is 3.52. The van der Waals surface area contributed by atoms with Crippen LogP contribution in [0.15, 0.2) is 36.4 Å². The molecular formula is C17H26N2O. The summed E-state index contributed by atoms with van der Waals surface area (Å²) in [5, 5.41) is 0. The Bertz CT molecular complexity index is 403. The number of hydrogen-bond donors (Lipinski definition) is 0. The minimum Gasteiger partial charge on any atom is -0.380 e. The number of ether oxygens (including phenoxy) is 1. The summed E-state index contributed by atoms with van der Waals surface area (Å²) in [7, 11) is 4.26. The average Bonchev–Trinajstić information content (AvgIpc) is 2.65. The van der Waals surface area contributed by atoms with E-state index in [1.54, 1.807) is 0 Å². The number of nitrogens with zero attached hydrogens (tertiary/aromatic N) is 2. The standard InChI is InChI=1S/C17H26N2O/c1-18(2)13-17-14-19(11-12-20-15-17)10-6-9-16-7-4-3-5-8-16/h3-9,17H,10-15H2,1-2H3/b9-6+/t17-/m0/s1. The molecule has 2 rings (SSSR count). The molecule has 0 aromatic heterocycles. The molecule has 0 radical (unpaired) electrons. The molecular weight excluding hydrogens is 248 g/mol. The second-order valence-corrected chi connectivity index (χ2v) is 5.78. The van der Waals surface area contributed by atoms with Gasteiger partial charge in [0, 0.05) is 32.1 Å². The number of hydrogen-bond acceptors (Lipinski definition) is 3. The average molecular weight is 274 g/mol. The summed E-state index contributed by atoms with van der Waals surface area (Å²) < 4.78 is 5.71. The Morgan fingerprint density at radius 1 is 1.30 bits per heavy atom. The zero-order valence-corrected chi connectivity index (χ0v) is 12.7. The topological polar surface area (TPSA) is 15.7 Å². The van der Waals surface area contributed by atoms with Crippen LogP contribution in [0, 0.1) is 5.92 Å². The SMILES string of the molecule is CN(C)C[C@@H]1COCCN(C/C=C/c2ccccc2)C1. The van der Waals surface area contributed by atoms with Gasteiger partial charge < -0.3 is 9.64 Å². The van der Waals surface area contributed by atoms with Gasteiger partial charge in [-0.05, 0) is 19.7 Å². The second kappa shape index (κ2) is 8.20. The summed E-state index contributed by atoms with van der Waals surface area (Å²) in [6, 6.07) is 10.5. The smallest absolute Gasteiger partial charge is 0.0593 e. The minimum atomic E-state index is 0.609. The molecule has 0 N–H and O–H groups in total. The Kier molecular flexibility index (Phi) is 6.25. The van der Waals surface area contributed by atoms with E-state index in [1.165, 1.54) is 5.56 Å². The van der Waals surface area contributed by atoms with E-state index >= 15 is 0 Å². The molecule has 0 bridgehead atoms. The highest BCUT2D eigenvalue weighted by Crippen LogP contribution is 2.09. The maximum atomic E-state index is 5.71. The van der Waals surface area contributed by atoms with Gasteiger partial charge in [-0.2, -0.15) is 0 Å². The minimum absolute atomic E-state index is 0.609. The van der Waals surface area contributed by atoms with Gasteiger partial charge in [-0.3, -0.25) is 4.90 Å². The van der Waals surface area contributed by atoms with Crippen LogP contribution in [0.3, 0.4) is 0 Å². The first kappa shape index (κ1) is 15.2. The van der Waals surface area contributed by atoms with Crippen LogP contribution in [0.25, 0.3) is 6.08 Å². The summed E-state index contributed by atoms with van der Waals surface area (Å²) in [6.07, 6.45) is 4.46. The molecule has 3 heteroatoms. The molecule has 1 saturated heterocycles. The van der Waals surface area contributed by atoms with Crippen LogP contribution in [0.2, 0.25) is 0 Å². The summed E-state index contributed by atoms with van der Waals surface area (Å²) in [5.41, 5.74) is 1.27. The van der Waals surface area contributed by atoms with Gasteiger partial charge in [-0.25, -0.2) is 0 Å². The predicted molar refractivity (Wildman–Crippen MR) is 84.8 cm³/mol. The van der Waals surface area contributed by atoms with Gasteiger partial charge in [0.05, 0.1) is 13.2 Å². The van der Waals surface area contributed by atoms with Gasteiger partial charge in [-0.1, -0.05) is 42.5 Å². The Balaban J connectivity index is 1.83. The lowest BCUT2D eigenvalue weighted by molar-refractivity contribution is 0.112. The molecule has 1 fully saturated rings. The van der Waals surface area contributed by atoms with Gasteiger partial charge in [0.2, 0.25) is 0 Å². The summed E-state index contributed by atoms with van der Waals surface area (Å²) in [5.74, 6) is 0.609. The zero-order valence-electron chi connectivity index (χ0n) is 12.7. The van der Waals surface area contributed by atoms with Gasteiger partial charge in [0.1, 0.15) is 0 Å². The summed E-state index contributed by atoms with van der Waals surface area (Å²) >= 11 is 0. The highest BCUT2D eigenvalue weighted by atomic mass is 16.5. The van der Waals surface area contributed by atoms with Crippen LogP contribution in [0.1, 0.15) is 5.56 Å². The summed E-state index contributed by atoms with van der Waals surface area (Å²) in [6.45, 7) is 5.99. The van der Waals surface area contributed by atoms with Gasteiger partial charge in [0.15, 0.2) is 0 Å². The van der Waals surface area contributed by atoms with Crippen molar-refractivity contribution in [1.82, 2.24) is 9.80 Å². The molecule has 1 aromatic carbocycles. The Morgan fingerprint density at radius 3 is 2.85 bits per heavy atom. The van der Waals surface area contributed by atoms with Crippen molar-refractivity contribution in [3.8, 4) is 0 Å². The first-order valence-electron chi connectivity index (χ1n) is 7.40. The Morgan fingerprint density at radius 2 is 2.10 bits per heavy atom. The fourth-order valence-corrected chi connectivity index (χ4v) is 2.65. The van der Waals surface area contributed by atoms with Crippen molar-refractivity contribution in [1.29, 1.82) is 0 Å². The van der Waals surface area contributed by atoms with Crippen molar-refractivity contribution < 1.29 is 4.74 Å². The first-order valence-corrected chi connectivity index (χ1v) is 7.40. The summed E-state index contributed by atoms with van der Waals surface area (Å²) in [4.78, 5) is 4.73. The molecule has 1 aliphatic rings. The van der Waals surface area contributed by atoms with E-state index < -0.39 is 0 Å². The molecule has 0 aliphatic carbocycles. The van der Waals surface area contributed by atoms with Crippen molar-refractivity contribution in [3.05, 3.63) is 42.0 Å². The van der Waals surface area contributed by atoms with Crippen LogP contribution >= 0.6 is 0 Å². The molecule has 0 unspecified atom stereocenters. The lowest BCUT2D eigenvalue weighted by Gasteiger charge is -2.24. The molecule has 3 nitrogen and oxygen atoms in total. The largest absolute Gasteiger partial charge is 0.380 e. The molecule has 0 amide bonds. The van der Waals surface area contributed by atoms with Crippen molar-refractivity contribution >= 4 is 6.08 Å². The maximum absolute atomic E-state index is 5.71. The third-order valence-corrected chi connectivity index (χ3v) is 3.52. The Labute approximate surface area is 122 Å². The van der Waals surface area contributed by atoms with Crippen LogP contribution in [0.5, 0.6) is 0 Å². The molecule has 0 spiro atoms. The molecule has 0 saturated carbocycles. The highest BCUT2D eigenvalue weighted by Gasteiger charge is 2.18.